The Hall–Kier alpha value is -1.49. The molecule has 2 rings (SSSR count). The topological polar surface area (TPSA) is 63.4 Å². The van der Waals surface area contributed by atoms with Gasteiger partial charge in [0.05, 0.1) is 11.0 Å². The lowest BCUT2D eigenvalue weighted by Crippen LogP contribution is -2.11. The molecular formula is C12H14FNO3. The maximum Gasteiger partial charge on any atom is 0.305 e. The minimum atomic E-state index is -0.777. The van der Waals surface area contributed by atoms with E-state index >= 15 is 0 Å². The van der Waals surface area contributed by atoms with Crippen molar-refractivity contribution in [3.63, 3.8) is 0 Å². The molecule has 1 aliphatic carbocycles. The Bertz CT molecular complexity index is 432. The molecule has 1 N–H and O–H groups in total. The number of aryl methyl sites for hydroxylation is 1. The third-order valence-electron chi connectivity index (χ3n) is 3.13. The quantitative estimate of drug-likeness (QED) is 0.634. The predicted octanol–water partition coefficient (Wildman–Crippen LogP) is 2.44. The Morgan fingerprint density at radius 2 is 2.24 bits per heavy atom. The third-order valence-corrected chi connectivity index (χ3v) is 3.13. The Balaban J connectivity index is 2.04. The van der Waals surface area contributed by atoms with Crippen LogP contribution in [0, 0.1) is 21.8 Å². The molecular weight excluding hydrogens is 225 g/mol. The van der Waals surface area contributed by atoms with E-state index in [1.807, 2.05) is 0 Å². The number of halogens is 1. The predicted molar refractivity (Wildman–Crippen MR) is 60.1 cm³/mol. The second kappa shape index (κ2) is 4.79. The van der Waals surface area contributed by atoms with E-state index in [1.54, 1.807) is 0 Å². The average Bonchev–Trinajstić information content (AvgIpc) is 3.10. The molecule has 0 amide bonds. The first-order valence-corrected chi connectivity index (χ1v) is 5.69. The molecule has 0 saturated heterocycles. The molecule has 0 spiro atoms. The zero-order valence-electron chi connectivity index (χ0n) is 9.30. The molecule has 0 heterocycles. The highest BCUT2D eigenvalue weighted by Crippen LogP contribution is 2.34. The van der Waals surface area contributed by atoms with E-state index in [2.05, 4.69) is 0 Å². The van der Waals surface area contributed by atoms with E-state index < -0.39 is 22.5 Å². The second-order valence-electron chi connectivity index (χ2n) is 4.45. The largest absolute Gasteiger partial charge is 0.393 e. The summed E-state index contributed by atoms with van der Waals surface area (Å²) in [6.07, 6.45) is 2.44. The van der Waals surface area contributed by atoms with Crippen molar-refractivity contribution in [1.29, 1.82) is 0 Å². The van der Waals surface area contributed by atoms with E-state index in [4.69, 9.17) is 0 Å². The first-order valence-electron chi connectivity index (χ1n) is 5.69. The number of nitro benzene ring substituents is 1. The van der Waals surface area contributed by atoms with Gasteiger partial charge in [0.25, 0.3) is 0 Å². The number of nitro groups is 1. The third kappa shape index (κ3) is 2.79. The van der Waals surface area contributed by atoms with Gasteiger partial charge in [-0.2, -0.15) is 4.39 Å². The Kier molecular flexibility index (Phi) is 3.38. The van der Waals surface area contributed by atoms with E-state index in [0.717, 1.165) is 18.9 Å². The fourth-order valence-electron chi connectivity index (χ4n) is 1.92. The molecule has 1 aromatic rings. The van der Waals surface area contributed by atoms with Crippen molar-refractivity contribution in [2.45, 2.75) is 31.8 Å². The minimum absolute atomic E-state index is 0.305. The van der Waals surface area contributed by atoms with Crippen molar-refractivity contribution in [1.82, 2.24) is 0 Å². The lowest BCUT2D eigenvalue weighted by Gasteiger charge is -2.09. The number of benzene rings is 1. The van der Waals surface area contributed by atoms with Gasteiger partial charge in [0, 0.05) is 6.07 Å². The van der Waals surface area contributed by atoms with Crippen LogP contribution in [0.15, 0.2) is 18.2 Å². The molecule has 0 aliphatic heterocycles. The summed E-state index contributed by atoms with van der Waals surface area (Å²) in [6, 6.07) is 4.15. The highest BCUT2D eigenvalue weighted by atomic mass is 19.1. The molecule has 4 nitrogen and oxygen atoms in total. The van der Waals surface area contributed by atoms with Crippen molar-refractivity contribution in [3.8, 4) is 0 Å². The molecule has 0 aromatic heterocycles. The van der Waals surface area contributed by atoms with Gasteiger partial charge < -0.3 is 5.11 Å². The molecule has 5 heteroatoms. The zero-order chi connectivity index (χ0) is 12.4. The first kappa shape index (κ1) is 12.0. The normalized spacial score (nSPS) is 16.8. The lowest BCUT2D eigenvalue weighted by molar-refractivity contribution is -0.387. The van der Waals surface area contributed by atoms with Crippen LogP contribution < -0.4 is 0 Å². The van der Waals surface area contributed by atoms with Gasteiger partial charge in [-0.05, 0) is 37.2 Å². The maximum atomic E-state index is 13.7. The number of rotatable bonds is 5. The van der Waals surface area contributed by atoms with E-state index in [9.17, 15) is 19.6 Å². The SMILES string of the molecule is O=[N+]([O-])c1cccc(CCC(O)C2CC2)c1F. The molecule has 1 unspecified atom stereocenters. The molecule has 17 heavy (non-hydrogen) atoms. The summed E-state index contributed by atoms with van der Waals surface area (Å²) in [5, 5.41) is 20.2. The first-order chi connectivity index (χ1) is 8.09. The molecule has 0 bridgehead atoms. The highest BCUT2D eigenvalue weighted by Gasteiger charge is 2.29. The van der Waals surface area contributed by atoms with Gasteiger partial charge >= 0.3 is 5.69 Å². The summed E-state index contributed by atoms with van der Waals surface area (Å²) < 4.78 is 13.7. The van der Waals surface area contributed by atoms with Gasteiger partial charge in [0.2, 0.25) is 5.82 Å². The lowest BCUT2D eigenvalue weighted by atomic mass is 10.0. The van der Waals surface area contributed by atoms with Crippen LogP contribution in [0.1, 0.15) is 24.8 Å². The van der Waals surface area contributed by atoms with Crippen molar-refractivity contribution in [2.75, 3.05) is 0 Å². The summed E-state index contributed by atoms with van der Waals surface area (Å²) in [5.41, 5.74) is -0.192. The molecule has 1 fully saturated rings. The van der Waals surface area contributed by atoms with Crippen LogP contribution in [0.2, 0.25) is 0 Å². The van der Waals surface area contributed by atoms with Crippen LogP contribution in [0.5, 0.6) is 0 Å². The van der Waals surface area contributed by atoms with Gasteiger partial charge in [-0.3, -0.25) is 10.1 Å². The van der Waals surface area contributed by atoms with Crippen LogP contribution >= 0.6 is 0 Å². The van der Waals surface area contributed by atoms with E-state index in [1.165, 1.54) is 12.1 Å². The Labute approximate surface area is 98.2 Å². The summed E-state index contributed by atoms with van der Waals surface area (Å²) in [6.45, 7) is 0. The number of hydrogen-bond donors (Lipinski definition) is 1. The van der Waals surface area contributed by atoms with Crippen molar-refractivity contribution in [2.24, 2.45) is 5.92 Å². The van der Waals surface area contributed by atoms with Crippen LogP contribution in [-0.2, 0) is 6.42 Å². The summed E-state index contributed by atoms with van der Waals surface area (Å²) >= 11 is 0. The number of aliphatic hydroxyl groups is 1. The molecule has 1 atom stereocenters. The summed E-state index contributed by atoms with van der Waals surface area (Å²) in [4.78, 5) is 9.82. The van der Waals surface area contributed by atoms with Gasteiger partial charge in [0.15, 0.2) is 0 Å². The fraction of sp³-hybridized carbons (Fsp3) is 0.500. The number of nitrogens with zero attached hydrogens (tertiary/aromatic N) is 1. The summed E-state index contributed by atoms with van der Waals surface area (Å²) in [5.74, 6) is -0.433. The van der Waals surface area contributed by atoms with Crippen LogP contribution in [-0.4, -0.2) is 16.1 Å². The Morgan fingerprint density at radius 3 is 2.82 bits per heavy atom. The minimum Gasteiger partial charge on any atom is -0.393 e. The van der Waals surface area contributed by atoms with Crippen LogP contribution in [0.25, 0.3) is 0 Å². The number of aliphatic hydroxyl groups excluding tert-OH is 1. The highest BCUT2D eigenvalue weighted by molar-refractivity contribution is 5.36. The van der Waals surface area contributed by atoms with Crippen LogP contribution in [0.3, 0.4) is 0 Å². The van der Waals surface area contributed by atoms with E-state index in [0.29, 0.717) is 24.3 Å². The average molecular weight is 239 g/mol. The molecule has 92 valence electrons. The molecule has 1 saturated carbocycles. The van der Waals surface area contributed by atoms with Crippen LogP contribution in [0.4, 0.5) is 10.1 Å². The smallest absolute Gasteiger partial charge is 0.305 e. The Morgan fingerprint density at radius 1 is 1.53 bits per heavy atom. The van der Waals surface area contributed by atoms with Gasteiger partial charge in [-0.1, -0.05) is 12.1 Å². The molecule has 0 radical (unpaired) electrons. The molecule has 1 aromatic carbocycles. The number of hydrogen-bond acceptors (Lipinski definition) is 3. The van der Waals surface area contributed by atoms with Crippen molar-refractivity contribution >= 4 is 5.69 Å². The monoisotopic (exact) mass is 239 g/mol. The van der Waals surface area contributed by atoms with Gasteiger partial charge in [-0.15, -0.1) is 0 Å². The standard InChI is InChI=1S/C12H14FNO3/c13-12-9(2-1-3-10(12)14(16)17)6-7-11(15)8-4-5-8/h1-3,8,11,15H,4-7H2. The zero-order valence-corrected chi connectivity index (χ0v) is 9.30. The van der Waals surface area contributed by atoms with E-state index in [-0.39, 0.29) is 0 Å². The van der Waals surface area contributed by atoms with Crippen molar-refractivity contribution in [3.05, 3.63) is 39.7 Å². The maximum absolute atomic E-state index is 13.7. The van der Waals surface area contributed by atoms with Crippen molar-refractivity contribution < 1.29 is 14.4 Å². The molecule has 1 aliphatic rings. The van der Waals surface area contributed by atoms with Gasteiger partial charge in [-0.25, -0.2) is 0 Å². The van der Waals surface area contributed by atoms with Gasteiger partial charge in [0.1, 0.15) is 0 Å². The fourth-order valence-corrected chi connectivity index (χ4v) is 1.92. The second-order valence-corrected chi connectivity index (χ2v) is 4.45. The summed E-state index contributed by atoms with van der Waals surface area (Å²) in [7, 11) is 0.